The van der Waals surface area contributed by atoms with Crippen LogP contribution in [0.3, 0.4) is 0 Å². The second kappa shape index (κ2) is 44.4. The van der Waals surface area contributed by atoms with Crippen LogP contribution < -0.4 is 0 Å². The quantitative estimate of drug-likeness (QED) is 0.0402. The molecule has 5 N–H and O–H groups in total. The van der Waals surface area contributed by atoms with E-state index in [9.17, 15) is 129 Å². The molecule has 8 aliphatic carbocycles. The molecule has 3 unspecified atom stereocenters. The summed E-state index contributed by atoms with van der Waals surface area (Å²) < 4.78 is 233. The molecule has 748 valence electrons. The first kappa shape index (κ1) is 109. The molecule has 136 heavy (non-hydrogen) atoms. The van der Waals surface area contributed by atoms with E-state index >= 15 is 0 Å². The molecule has 34 heteroatoms. The third kappa shape index (κ3) is 27.2. The zero-order chi connectivity index (χ0) is 100. The Morgan fingerprint density at radius 3 is 0.787 bits per heavy atom. The van der Waals surface area contributed by atoms with Gasteiger partial charge in [-0.1, -0.05) is 150 Å². The molecule has 0 bridgehead atoms. The molecule has 0 radical (unpaired) electrons. The molecule has 5 amide bonds. The number of alkyl halides is 18. The van der Waals surface area contributed by atoms with Crippen LogP contribution in [0.5, 0.6) is 0 Å². The van der Waals surface area contributed by atoms with E-state index in [1.807, 2.05) is 50.8 Å². The number of hydrogen-bond acceptors (Lipinski definition) is 11. The van der Waals surface area contributed by atoms with Crippen molar-refractivity contribution in [2.24, 2.45) is 11.8 Å². The monoisotopic (exact) mass is 1930 g/mol. The van der Waals surface area contributed by atoms with Gasteiger partial charge in [0, 0.05) is 82.7 Å². The van der Waals surface area contributed by atoms with E-state index in [2.05, 4.69) is 13.0 Å². The lowest BCUT2D eigenvalue weighted by atomic mass is 9.81. The number of amides is 5. The fourth-order valence-corrected chi connectivity index (χ4v) is 18.9. The van der Waals surface area contributed by atoms with Crippen LogP contribution in [0.4, 0.5) is 79.0 Å². The van der Waals surface area contributed by atoms with Gasteiger partial charge in [-0.3, -0.25) is 24.0 Å². The van der Waals surface area contributed by atoms with E-state index in [-0.39, 0.29) is 93.7 Å². The number of carbonyl (C=O) groups excluding carboxylic acids is 5. The van der Waals surface area contributed by atoms with Crippen LogP contribution in [-0.4, -0.2) is 178 Å². The summed E-state index contributed by atoms with van der Waals surface area (Å²) in [6, 6.07) is 35.3. The first-order valence-corrected chi connectivity index (χ1v) is 47.1. The Kier molecular flexibility index (Phi) is 35.5. The first-order valence-electron chi connectivity index (χ1n) is 47.1. The Balaban J connectivity index is 0.000000177. The maximum absolute atomic E-state index is 13.3. The molecular weight excluding hydrogens is 1810 g/mol. The van der Waals surface area contributed by atoms with Crippen LogP contribution in [0.2, 0.25) is 0 Å². The van der Waals surface area contributed by atoms with Gasteiger partial charge in [-0.25, -0.2) is 0 Å². The lowest BCUT2D eigenvalue weighted by Crippen LogP contribution is -2.46. The standard InChI is InChI=1S/C27H29F3N2O2.2C19H24F3NO2.C19H26F3NO2.C18H21F6NO2/c1-26(34,27(28,29)30)22-10-8-21(9-11-22)25(33)32(24-14-15-24)23-12-6-19(7-13-23)16-18-2-4-20(17-31)5-3-18;2*1-18(25,19(20,21)22)14-9-7-13(8-10-14)17(24)23(16-11-12-16)15-5-3-2-4-6-15;1-4-23(16-8-6-5-7-13(16)2)17(24)14-9-11-15(12-10-14)18(3,25)19(20,21)22;1-16(27,18(22,23)24)13-9-7-12(8-10-13)15(26)25(11-17(19,20)21)14-5-3-2-4-6-14/h2-5,8-11,19,23-24,34H,6-7,12-16H2,1H3;2*7-10,15-16,25H,2-6,11-12H2,1H3;9-13,16,25H,4-8H2,1-3H3;7-10,14,27H,2-6,11H2,1H3/t19?,23?,26-;2*18-;;16-/m010.0/s1. The predicted octanol–water partition coefficient (Wildman–Crippen LogP) is 23.8. The van der Waals surface area contributed by atoms with Crippen LogP contribution >= 0.6 is 0 Å². The van der Waals surface area contributed by atoms with Crippen molar-refractivity contribution >= 4 is 29.5 Å². The average molecular weight is 1940 g/mol. The largest absolute Gasteiger partial charge is 0.421 e. The molecule has 0 saturated heterocycles. The molecule has 14 rings (SSSR count). The molecule has 6 aromatic carbocycles. The Morgan fingerprint density at radius 1 is 0.309 bits per heavy atom. The summed E-state index contributed by atoms with van der Waals surface area (Å²) in [6.07, 6.45) is 0.565. The molecule has 16 nitrogen and oxygen atoms in total. The molecule has 8 aliphatic rings. The highest BCUT2D eigenvalue weighted by atomic mass is 19.4. The van der Waals surface area contributed by atoms with Crippen LogP contribution in [0, 0.1) is 23.2 Å². The van der Waals surface area contributed by atoms with Crippen molar-refractivity contribution in [1.29, 1.82) is 5.26 Å². The Morgan fingerprint density at radius 2 is 0.544 bits per heavy atom. The highest BCUT2D eigenvalue weighted by Gasteiger charge is 2.56. The van der Waals surface area contributed by atoms with Crippen molar-refractivity contribution in [1.82, 2.24) is 24.5 Å². The minimum absolute atomic E-state index is 0.104. The van der Waals surface area contributed by atoms with Gasteiger partial charge in [-0.05, 0) is 282 Å². The van der Waals surface area contributed by atoms with Gasteiger partial charge in [0.2, 0.25) is 0 Å². The topological polar surface area (TPSA) is 226 Å². The molecule has 6 aromatic rings. The molecule has 0 aliphatic heterocycles. The number of rotatable bonds is 22. The van der Waals surface area contributed by atoms with Crippen LogP contribution in [-0.2, 0) is 34.4 Å². The van der Waals surface area contributed by atoms with Gasteiger partial charge >= 0.3 is 37.1 Å². The van der Waals surface area contributed by atoms with E-state index in [1.54, 1.807) is 0 Å². The van der Waals surface area contributed by atoms with E-state index in [0.717, 1.165) is 210 Å². The number of nitriles is 1. The summed E-state index contributed by atoms with van der Waals surface area (Å²) in [6.45, 7) is 6.68. The molecule has 7 atom stereocenters. The predicted molar refractivity (Wildman–Crippen MR) is 474 cm³/mol. The minimum Gasteiger partial charge on any atom is -0.376 e. The summed E-state index contributed by atoms with van der Waals surface area (Å²) in [4.78, 5) is 73.1. The van der Waals surface area contributed by atoms with Gasteiger partial charge < -0.3 is 50.0 Å². The fourth-order valence-electron chi connectivity index (χ4n) is 18.9. The smallest absolute Gasteiger partial charge is 0.376 e. The molecule has 0 spiro atoms. The maximum Gasteiger partial charge on any atom is 0.421 e. The maximum atomic E-state index is 13.3. The SMILES string of the molecule is CCN(C(=O)c1ccc(C(C)(O)C(F)(F)F)cc1)C1CCCCC1C.C[C@@](O)(c1ccc(C(=O)N(C2CCCCC2)C2CC2)cc1)C(F)(F)F.C[C@](O)(c1ccc(C(=O)N(C2CCC(Cc3ccc(C#N)cc3)CC2)C2CC2)cc1)C(F)(F)F.C[C@](O)(c1ccc(C(=O)N(C2CCCCC2)C2CC2)cc1)C(F)(F)F.C[C@](O)(c1ccc(C(=O)N(CC(F)(F)F)C2CCCCC2)cc1)C(F)(F)F. The minimum atomic E-state index is -4.93. The van der Waals surface area contributed by atoms with Crippen molar-refractivity contribution in [2.75, 3.05) is 13.1 Å². The number of hydrogen-bond donors (Lipinski definition) is 5. The summed E-state index contributed by atoms with van der Waals surface area (Å²) in [7, 11) is 0. The summed E-state index contributed by atoms with van der Waals surface area (Å²) in [5.41, 5.74) is -13.2. The fraction of sp³-hybridized carbons (Fsp3) is 0.588. The first-order chi connectivity index (χ1) is 63.4. The van der Waals surface area contributed by atoms with E-state index in [4.69, 9.17) is 5.26 Å². The van der Waals surface area contributed by atoms with Crippen molar-refractivity contribution in [2.45, 2.75) is 354 Å². The molecule has 8 fully saturated rings. The number of aliphatic hydroxyl groups is 5. The number of carbonyl (C=O) groups is 5. The Hall–Kier alpha value is -9.30. The number of benzene rings is 6. The van der Waals surface area contributed by atoms with E-state index in [0.29, 0.717) is 72.9 Å². The molecular formula is C102H124F18N6O10. The molecule has 0 heterocycles. The van der Waals surface area contributed by atoms with Gasteiger partial charge in [0.15, 0.2) is 28.0 Å². The van der Waals surface area contributed by atoms with E-state index in [1.165, 1.54) is 122 Å². The van der Waals surface area contributed by atoms with Gasteiger partial charge in [0.25, 0.3) is 29.5 Å². The molecule has 0 aromatic heterocycles. The lowest BCUT2D eigenvalue weighted by molar-refractivity contribution is -0.259. The third-order valence-electron chi connectivity index (χ3n) is 28.2. The Bertz CT molecular complexity index is 4820. The summed E-state index contributed by atoms with van der Waals surface area (Å²) >= 11 is 0. The zero-order valence-electron chi connectivity index (χ0n) is 77.5. The van der Waals surface area contributed by atoms with Gasteiger partial charge in [0.05, 0.1) is 11.6 Å². The van der Waals surface area contributed by atoms with E-state index < -0.39 is 89.1 Å². The summed E-state index contributed by atoms with van der Waals surface area (Å²) in [5.74, 6) is -0.444. The highest BCUT2D eigenvalue weighted by Crippen LogP contribution is 2.47. The van der Waals surface area contributed by atoms with Crippen molar-refractivity contribution in [3.8, 4) is 6.07 Å². The van der Waals surface area contributed by atoms with Crippen LogP contribution in [0.25, 0.3) is 0 Å². The third-order valence-corrected chi connectivity index (χ3v) is 28.2. The van der Waals surface area contributed by atoms with Crippen LogP contribution in [0.1, 0.15) is 325 Å². The van der Waals surface area contributed by atoms with Crippen molar-refractivity contribution < 1.29 is 129 Å². The van der Waals surface area contributed by atoms with Gasteiger partial charge in [0.1, 0.15) is 6.54 Å². The number of halogens is 18. The second-order valence-electron chi connectivity index (χ2n) is 38.6. The average Bonchev–Trinajstić information content (AvgIpc) is 1.49. The lowest BCUT2D eigenvalue weighted by Gasteiger charge is -2.38. The van der Waals surface area contributed by atoms with Crippen molar-refractivity contribution in [3.05, 3.63) is 212 Å². The number of nitrogens with zero attached hydrogens (tertiary/aromatic N) is 6. The second-order valence-corrected chi connectivity index (χ2v) is 38.6. The highest BCUT2D eigenvalue weighted by molar-refractivity contribution is 5.97. The summed E-state index contributed by atoms with van der Waals surface area (Å²) in [5, 5.41) is 57.7. The molecule has 8 saturated carbocycles. The Labute approximate surface area is 782 Å². The zero-order valence-corrected chi connectivity index (χ0v) is 77.5. The van der Waals surface area contributed by atoms with Gasteiger partial charge in [-0.2, -0.15) is 84.3 Å². The van der Waals surface area contributed by atoms with Crippen LogP contribution in [0.15, 0.2) is 146 Å². The van der Waals surface area contributed by atoms with Crippen molar-refractivity contribution in [3.63, 3.8) is 0 Å². The van der Waals surface area contributed by atoms with Gasteiger partial charge in [-0.15, -0.1) is 0 Å². The normalized spacial score (nSPS) is 21.7.